The smallest absolute Gasteiger partial charge is 0.335 e. The number of hydrogen-bond acceptors (Lipinski definition) is 4. The summed E-state index contributed by atoms with van der Waals surface area (Å²) in [6.07, 6.45) is 4.61. The number of nitrogens with zero attached hydrogens (tertiary/aromatic N) is 1. The van der Waals surface area contributed by atoms with Gasteiger partial charge in [-0.1, -0.05) is 36.4 Å². The van der Waals surface area contributed by atoms with E-state index in [2.05, 4.69) is 22.3 Å². The Hall–Kier alpha value is -2.86. The molecule has 2 aromatic carbocycles. The predicted octanol–water partition coefficient (Wildman–Crippen LogP) is 3.50. The van der Waals surface area contributed by atoms with Crippen molar-refractivity contribution in [3.05, 3.63) is 65.2 Å². The number of carbonyl (C=O) groups is 2. The average Bonchev–Trinajstić information content (AvgIpc) is 2.75. The maximum atomic E-state index is 12.4. The Bertz CT molecular complexity index is 838. The minimum Gasteiger partial charge on any atom is -0.493 e. The number of carboxylic acids is 1. The summed E-state index contributed by atoms with van der Waals surface area (Å²) in [5.74, 6) is -0.343. The Balaban J connectivity index is 1.74. The van der Waals surface area contributed by atoms with Crippen molar-refractivity contribution in [2.75, 3.05) is 26.2 Å². The maximum absolute atomic E-state index is 12.4. The van der Waals surface area contributed by atoms with Crippen molar-refractivity contribution in [3.63, 3.8) is 0 Å². The molecule has 1 amide bonds. The van der Waals surface area contributed by atoms with E-state index in [0.29, 0.717) is 32.0 Å². The quantitative estimate of drug-likeness (QED) is 0.789. The second-order valence-corrected chi connectivity index (χ2v) is 7.69. The van der Waals surface area contributed by atoms with Crippen LogP contribution < -0.4 is 10.1 Å². The van der Waals surface area contributed by atoms with E-state index >= 15 is 0 Å². The van der Waals surface area contributed by atoms with Gasteiger partial charge in [0.25, 0.3) is 0 Å². The van der Waals surface area contributed by atoms with Crippen molar-refractivity contribution in [2.45, 2.75) is 38.6 Å². The molecule has 0 bridgehead atoms. The molecule has 6 heteroatoms. The van der Waals surface area contributed by atoms with Crippen molar-refractivity contribution in [1.29, 1.82) is 0 Å². The summed E-state index contributed by atoms with van der Waals surface area (Å²) in [7, 11) is 0. The Kier molecular flexibility index (Phi) is 8.27. The van der Waals surface area contributed by atoms with Crippen LogP contribution in [0.4, 0.5) is 0 Å². The Morgan fingerprint density at radius 1 is 1.07 bits per heavy atom. The SMILES string of the molecule is O=C1CN(CCCc2ccccc2)Cc2ccc(C(=O)O)cc2OCCCCCN1. The van der Waals surface area contributed by atoms with Crippen LogP contribution in [0.3, 0.4) is 0 Å². The van der Waals surface area contributed by atoms with Gasteiger partial charge in [-0.15, -0.1) is 0 Å². The average molecular weight is 411 g/mol. The first kappa shape index (κ1) is 21.8. The summed E-state index contributed by atoms with van der Waals surface area (Å²) in [6, 6.07) is 15.3. The van der Waals surface area contributed by atoms with Crippen LogP contribution in [0.5, 0.6) is 5.75 Å². The van der Waals surface area contributed by atoms with E-state index in [1.165, 1.54) is 5.56 Å². The topological polar surface area (TPSA) is 78.9 Å². The van der Waals surface area contributed by atoms with Gasteiger partial charge in [0.1, 0.15) is 5.75 Å². The van der Waals surface area contributed by atoms with Crippen LogP contribution >= 0.6 is 0 Å². The molecule has 0 aromatic heterocycles. The summed E-state index contributed by atoms with van der Waals surface area (Å²) >= 11 is 0. The van der Waals surface area contributed by atoms with Crippen molar-refractivity contribution < 1.29 is 19.4 Å². The van der Waals surface area contributed by atoms with Gasteiger partial charge >= 0.3 is 5.97 Å². The fraction of sp³-hybridized carbons (Fsp3) is 0.417. The molecule has 1 aliphatic rings. The van der Waals surface area contributed by atoms with E-state index in [-0.39, 0.29) is 11.5 Å². The van der Waals surface area contributed by atoms with Crippen LogP contribution in [-0.4, -0.2) is 48.1 Å². The molecule has 2 N–H and O–H groups in total. The molecule has 1 aliphatic heterocycles. The van der Waals surface area contributed by atoms with Gasteiger partial charge in [-0.05, 0) is 56.3 Å². The van der Waals surface area contributed by atoms with Gasteiger partial charge in [-0.2, -0.15) is 0 Å². The van der Waals surface area contributed by atoms with E-state index in [9.17, 15) is 14.7 Å². The third kappa shape index (κ3) is 6.88. The first-order valence-electron chi connectivity index (χ1n) is 10.6. The summed E-state index contributed by atoms with van der Waals surface area (Å²) < 4.78 is 5.95. The van der Waals surface area contributed by atoms with Gasteiger partial charge in [0, 0.05) is 18.7 Å². The van der Waals surface area contributed by atoms with Crippen molar-refractivity contribution in [2.24, 2.45) is 0 Å². The number of aromatic carboxylic acids is 1. The number of amides is 1. The number of hydrogen-bond donors (Lipinski definition) is 2. The number of benzene rings is 2. The van der Waals surface area contributed by atoms with Gasteiger partial charge in [-0.3, -0.25) is 9.69 Å². The fourth-order valence-electron chi connectivity index (χ4n) is 3.63. The third-order valence-corrected chi connectivity index (χ3v) is 5.26. The molecule has 0 fully saturated rings. The molecular formula is C24H30N2O4. The minimum absolute atomic E-state index is 0.0265. The standard InChI is InChI=1S/C24H30N2O4/c27-23-18-26(14-7-10-19-8-3-1-4-9-19)17-21-12-11-20(24(28)29)16-22(21)30-15-6-2-5-13-25-23/h1,3-4,8-9,11-12,16H,2,5-7,10,13-15,17-18H2,(H,25,27)(H,28,29). The van der Waals surface area contributed by atoms with Gasteiger partial charge in [0.15, 0.2) is 0 Å². The first-order chi connectivity index (χ1) is 14.6. The highest BCUT2D eigenvalue weighted by Crippen LogP contribution is 2.23. The van der Waals surface area contributed by atoms with Crippen LogP contribution in [-0.2, 0) is 17.8 Å². The molecule has 30 heavy (non-hydrogen) atoms. The normalized spacial score (nSPS) is 16.2. The van der Waals surface area contributed by atoms with Crippen LogP contribution in [0, 0.1) is 0 Å². The lowest BCUT2D eigenvalue weighted by Gasteiger charge is -2.23. The molecule has 6 nitrogen and oxygen atoms in total. The van der Waals surface area contributed by atoms with E-state index < -0.39 is 5.97 Å². The zero-order valence-electron chi connectivity index (χ0n) is 17.3. The molecule has 3 rings (SSSR count). The second-order valence-electron chi connectivity index (χ2n) is 7.69. The number of rotatable bonds is 5. The maximum Gasteiger partial charge on any atom is 0.335 e. The monoisotopic (exact) mass is 410 g/mol. The Labute approximate surface area is 177 Å². The fourth-order valence-corrected chi connectivity index (χ4v) is 3.63. The highest BCUT2D eigenvalue weighted by molar-refractivity contribution is 5.88. The van der Waals surface area contributed by atoms with Gasteiger partial charge in [0.05, 0.1) is 18.7 Å². The van der Waals surface area contributed by atoms with E-state index in [4.69, 9.17) is 4.74 Å². The molecule has 1 heterocycles. The zero-order chi connectivity index (χ0) is 21.2. The lowest BCUT2D eigenvalue weighted by Crippen LogP contribution is -2.38. The Morgan fingerprint density at radius 3 is 2.70 bits per heavy atom. The summed E-state index contributed by atoms with van der Waals surface area (Å²) in [5, 5.41) is 12.3. The number of nitrogens with one attached hydrogen (secondary N) is 1. The first-order valence-corrected chi connectivity index (χ1v) is 10.6. The largest absolute Gasteiger partial charge is 0.493 e. The summed E-state index contributed by atoms with van der Waals surface area (Å²) in [5.41, 5.74) is 2.40. The molecule has 0 atom stereocenters. The number of carbonyl (C=O) groups excluding carboxylic acids is 1. The molecule has 2 aromatic rings. The summed E-state index contributed by atoms with van der Waals surface area (Å²) in [4.78, 5) is 25.9. The number of fused-ring (bicyclic) bond motifs is 1. The predicted molar refractivity (Wildman–Crippen MR) is 116 cm³/mol. The highest BCUT2D eigenvalue weighted by atomic mass is 16.5. The molecular weight excluding hydrogens is 380 g/mol. The molecule has 160 valence electrons. The van der Waals surface area contributed by atoms with Crippen LogP contribution in [0.2, 0.25) is 0 Å². The molecule has 0 saturated carbocycles. The van der Waals surface area contributed by atoms with E-state index in [1.807, 2.05) is 18.2 Å². The molecule has 0 unspecified atom stereocenters. The molecule has 0 radical (unpaired) electrons. The second kappa shape index (κ2) is 11.4. The summed E-state index contributed by atoms with van der Waals surface area (Å²) in [6.45, 7) is 2.83. The van der Waals surface area contributed by atoms with Gasteiger partial charge in [0.2, 0.25) is 5.91 Å². The number of carboxylic acid groups (broad SMARTS) is 1. The van der Waals surface area contributed by atoms with E-state index in [0.717, 1.165) is 44.2 Å². The number of aryl methyl sites for hydroxylation is 1. The van der Waals surface area contributed by atoms with Crippen molar-refractivity contribution in [1.82, 2.24) is 10.2 Å². The third-order valence-electron chi connectivity index (χ3n) is 5.26. The lowest BCUT2D eigenvalue weighted by atomic mass is 10.1. The van der Waals surface area contributed by atoms with Crippen LogP contribution in [0.15, 0.2) is 48.5 Å². The lowest BCUT2D eigenvalue weighted by molar-refractivity contribution is -0.122. The Morgan fingerprint density at radius 2 is 1.90 bits per heavy atom. The van der Waals surface area contributed by atoms with Crippen LogP contribution in [0.1, 0.15) is 47.2 Å². The van der Waals surface area contributed by atoms with Gasteiger partial charge in [-0.25, -0.2) is 4.79 Å². The highest BCUT2D eigenvalue weighted by Gasteiger charge is 2.16. The molecule has 0 spiro atoms. The number of ether oxygens (including phenoxy) is 1. The zero-order valence-corrected chi connectivity index (χ0v) is 17.3. The van der Waals surface area contributed by atoms with Crippen molar-refractivity contribution >= 4 is 11.9 Å². The molecule has 0 saturated heterocycles. The van der Waals surface area contributed by atoms with E-state index in [1.54, 1.807) is 18.2 Å². The van der Waals surface area contributed by atoms with Crippen molar-refractivity contribution in [3.8, 4) is 5.75 Å². The molecule has 0 aliphatic carbocycles. The minimum atomic E-state index is -0.969. The van der Waals surface area contributed by atoms with Gasteiger partial charge < -0.3 is 15.2 Å². The van der Waals surface area contributed by atoms with Crippen LogP contribution in [0.25, 0.3) is 0 Å².